The molecule has 0 aliphatic carbocycles. The Bertz CT molecular complexity index is 588. The molecule has 0 bridgehead atoms. The molecule has 0 amide bonds. The van der Waals surface area contributed by atoms with Gasteiger partial charge >= 0.3 is 0 Å². The smallest absolute Gasteiger partial charge is 0.153 e. The molecule has 0 saturated heterocycles. The molecule has 2 aromatic heterocycles. The van der Waals surface area contributed by atoms with Crippen molar-refractivity contribution in [2.75, 3.05) is 0 Å². The van der Waals surface area contributed by atoms with E-state index in [-0.39, 0.29) is 0 Å². The van der Waals surface area contributed by atoms with Crippen molar-refractivity contribution < 1.29 is 4.79 Å². The Morgan fingerprint density at radius 2 is 2.11 bits per heavy atom. The van der Waals surface area contributed by atoms with Crippen LogP contribution in [0.1, 0.15) is 16.1 Å². The summed E-state index contributed by atoms with van der Waals surface area (Å²) < 4.78 is 1.98. The maximum atomic E-state index is 11.1. The summed E-state index contributed by atoms with van der Waals surface area (Å²) in [6, 6.07) is 3.74. The zero-order chi connectivity index (χ0) is 13.1. The van der Waals surface area contributed by atoms with E-state index < -0.39 is 0 Å². The first-order valence-corrected chi connectivity index (χ1v) is 5.93. The number of allylic oxidation sites excluding steroid dienone is 1. The fourth-order valence-electron chi connectivity index (χ4n) is 2.00. The fraction of sp³-hybridized carbons (Fsp3) is 0.143. The standard InChI is InChI=1S/C14H13ClN2O/c1-3-8-17-10(2)12(9-18)13(15)14(17)11-4-6-16-7-5-11/h3-7,9H,1,8H2,2H3. The molecule has 0 saturated carbocycles. The van der Waals surface area contributed by atoms with Gasteiger partial charge in [-0.05, 0) is 19.1 Å². The van der Waals surface area contributed by atoms with Crippen LogP contribution in [0.15, 0.2) is 37.2 Å². The van der Waals surface area contributed by atoms with Crippen molar-refractivity contribution in [3.63, 3.8) is 0 Å². The maximum Gasteiger partial charge on any atom is 0.153 e. The number of carbonyl (C=O) groups excluding carboxylic acids is 1. The minimum Gasteiger partial charge on any atom is -0.339 e. The number of rotatable bonds is 4. The summed E-state index contributed by atoms with van der Waals surface area (Å²) in [6.45, 7) is 6.22. The van der Waals surface area contributed by atoms with E-state index in [9.17, 15) is 4.79 Å². The Labute approximate surface area is 111 Å². The van der Waals surface area contributed by atoms with Gasteiger partial charge in [-0.2, -0.15) is 0 Å². The Morgan fingerprint density at radius 1 is 1.44 bits per heavy atom. The summed E-state index contributed by atoms with van der Waals surface area (Å²) in [5.74, 6) is 0. The maximum absolute atomic E-state index is 11.1. The lowest BCUT2D eigenvalue weighted by molar-refractivity contribution is 0.112. The van der Waals surface area contributed by atoms with Gasteiger partial charge in [0.1, 0.15) is 0 Å². The number of carbonyl (C=O) groups is 1. The predicted octanol–water partition coefficient (Wildman–Crippen LogP) is 3.51. The van der Waals surface area contributed by atoms with Crippen LogP contribution in [0.25, 0.3) is 11.3 Å². The van der Waals surface area contributed by atoms with Crippen molar-refractivity contribution >= 4 is 17.9 Å². The van der Waals surface area contributed by atoms with Gasteiger partial charge in [-0.25, -0.2) is 0 Å². The Kier molecular flexibility index (Phi) is 3.63. The highest BCUT2D eigenvalue weighted by atomic mass is 35.5. The van der Waals surface area contributed by atoms with Crippen LogP contribution < -0.4 is 0 Å². The number of hydrogen-bond donors (Lipinski definition) is 0. The van der Waals surface area contributed by atoms with Crippen LogP contribution in [0.4, 0.5) is 0 Å². The Hall–Kier alpha value is -1.87. The third kappa shape index (κ3) is 1.97. The molecule has 18 heavy (non-hydrogen) atoms. The first kappa shape index (κ1) is 12.6. The lowest BCUT2D eigenvalue weighted by atomic mass is 10.2. The van der Waals surface area contributed by atoms with Crippen molar-refractivity contribution in [1.29, 1.82) is 0 Å². The second-order valence-corrected chi connectivity index (χ2v) is 4.29. The highest BCUT2D eigenvalue weighted by Crippen LogP contribution is 2.34. The van der Waals surface area contributed by atoms with E-state index in [2.05, 4.69) is 11.6 Å². The van der Waals surface area contributed by atoms with Crippen molar-refractivity contribution in [3.05, 3.63) is 53.5 Å². The Morgan fingerprint density at radius 3 is 2.67 bits per heavy atom. The van der Waals surface area contributed by atoms with Gasteiger partial charge in [0, 0.05) is 30.2 Å². The van der Waals surface area contributed by atoms with Gasteiger partial charge in [-0.3, -0.25) is 9.78 Å². The Balaban J connectivity index is 2.72. The molecule has 0 spiro atoms. The molecule has 2 heterocycles. The molecular formula is C14H13ClN2O. The van der Waals surface area contributed by atoms with Crippen LogP contribution in [-0.4, -0.2) is 15.8 Å². The molecule has 0 aliphatic rings. The monoisotopic (exact) mass is 260 g/mol. The van der Waals surface area contributed by atoms with Crippen molar-refractivity contribution in [2.24, 2.45) is 0 Å². The molecule has 3 nitrogen and oxygen atoms in total. The van der Waals surface area contributed by atoms with Crippen molar-refractivity contribution in [3.8, 4) is 11.3 Å². The molecule has 0 unspecified atom stereocenters. The molecular weight excluding hydrogens is 248 g/mol. The zero-order valence-corrected chi connectivity index (χ0v) is 10.8. The van der Waals surface area contributed by atoms with Crippen LogP contribution in [0.5, 0.6) is 0 Å². The molecule has 92 valence electrons. The van der Waals surface area contributed by atoms with Crippen LogP contribution in [-0.2, 0) is 6.54 Å². The van der Waals surface area contributed by atoms with Crippen LogP contribution in [0, 0.1) is 6.92 Å². The first-order chi connectivity index (χ1) is 8.70. The second kappa shape index (κ2) is 5.19. The van der Waals surface area contributed by atoms with Crippen molar-refractivity contribution in [1.82, 2.24) is 9.55 Å². The highest BCUT2D eigenvalue weighted by molar-refractivity contribution is 6.35. The third-order valence-corrected chi connectivity index (χ3v) is 3.27. The largest absolute Gasteiger partial charge is 0.339 e. The van der Waals surface area contributed by atoms with E-state index in [4.69, 9.17) is 11.6 Å². The van der Waals surface area contributed by atoms with Gasteiger partial charge in [0.2, 0.25) is 0 Å². The van der Waals surface area contributed by atoms with Crippen LogP contribution in [0.3, 0.4) is 0 Å². The van der Waals surface area contributed by atoms with Gasteiger partial charge in [-0.15, -0.1) is 6.58 Å². The minimum atomic E-state index is 0.482. The molecule has 2 aromatic rings. The number of hydrogen-bond acceptors (Lipinski definition) is 2. The molecule has 2 rings (SSSR count). The normalized spacial score (nSPS) is 10.3. The number of aromatic nitrogens is 2. The van der Waals surface area contributed by atoms with E-state index in [1.165, 1.54) is 0 Å². The average molecular weight is 261 g/mol. The van der Waals surface area contributed by atoms with Gasteiger partial charge in [0.05, 0.1) is 16.3 Å². The quantitative estimate of drug-likeness (QED) is 0.623. The number of nitrogens with zero attached hydrogens (tertiary/aromatic N) is 2. The van der Waals surface area contributed by atoms with Gasteiger partial charge in [0.15, 0.2) is 6.29 Å². The lowest BCUT2D eigenvalue weighted by Gasteiger charge is -2.09. The second-order valence-electron chi connectivity index (χ2n) is 3.91. The molecule has 0 atom stereocenters. The van der Waals surface area contributed by atoms with E-state index in [0.29, 0.717) is 17.1 Å². The van der Waals surface area contributed by atoms with Gasteiger partial charge in [0.25, 0.3) is 0 Å². The molecule has 0 aliphatic heterocycles. The summed E-state index contributed by atoms with van der Waals surface area (Å²) in [6.07, 6.45) is 5.98. The lowest BCUT2D eigenvalue weighted by Crippen LogP contribution is -2.00. The average Bonchev–Trinajstić information content (AvgIpc) is 2.62. The molecule has 4 heteroatoms. The molecule has 0 aromatic carbocycles. The summed E-state index contributed by atoms with van der Waals surface area (Å²) in [4.78, 5) is 15.1. The third-order valence-electron chi connectivity index (χ3n) is 2.89. The molecule has 0 N–H and O–H groups in total. The molecule has 0 fully saturated rings. The summed E-state index contributed by atoms with van der Waals surface area (Å²) in [5, 5.41) is 0.482. The summed E-state index contributed by atoms with van der Waals surface area (Å²) in [5.41, 5.74) is 3.15. The van der Waals surface area contributed by atoms with Crippen LogP contribution in [0.2, 0.25) is 5.02 Å². The number of aldehydes is 1. The number of pyridine rings is 1. The zero-order valence-electron chi connectivity index (χ0n) is 10.1. The van der Waals surface area contributed by atoms with E-state index in [0.717, 1.165) is 23.2 Å². The van der Waals surface area contributed by atoms with Gasteiger partial charge in [-0.1, -0.05) is 17.7 Å². The van der Waals surface area contributed by atoms with Crippen LogP contribution >= 0.6 is 11.6 Å². The minimum absolute atomic E-state index is 0.482. The topological polar surface area (TPSA) is 34.9 Å². The van der Waals surface area contributed by atoms with E-state index >= 15 is 0 Å². The van der Waals surface area contributed by atoms with Crippen molar-refractivity contribution in [2.45, 2.75) is 13.5 Å². The van der Waals surface area contributed by atoms with Gasteiger partial charge < -0.3 is 4.57 Å². The summed E-state index contributed by atoms with van der Waals surface area (Å²) in [7, 11) is 0. The van der Waals surface area contributed by atoms with E-state index in [1.54, 1.807) is 18.5 Å². The fourth-order valence-corrected chi connectivity index (χ4v) is 2.40. The SMILES string of the molecule is C=CCn1c(C)c(C=O)c(Cl)c1-c1ccncc1. The number of halogens is 1. The summed E-state index contributed by atoms with van der Waals surface area (Å²) >= 11 is 6.30. The first-order valence-electron chi connectivity index (χ1n) is 5.55. The predicted molar refractivity (Wildman–Crippen MR) is 73.0 cm³/mol. The molecule has 0 radical (unpaired) electrons. The highest BCUT2D eigenvalue weighted by Gasteiger charge is 2.18. The van der Waals surface area contributed by atoms with E-state index in [1.807, 2.05) is 23.6 Å².